The molecule has 5 nitrogen and oxygen atoms in total. The van der Waals surface area contributed by atoms with Gasteiger partial charge >= 0.3 is 0 Å². The van der Waals surface area contributed by atoms with E-state index >= 15 is 0 Å². The summed E-state index contributed by atoms with van der Waals surface area (Å²) in [6, 6.07) is 8.24. The van der Waals surface area contributed by atoms with Crippen LogP contribution >= 0.6 is 0 Å². The number of anilines is 1. The van der Waals surface area contributed by atoms with E-state index in [4.69, 9.17) is 4.74 Å². The van der Waals surface area contributed by atoms with Crippen LogP contribution in [-0.4, -0.2) is 63.2 Å². The summed E-state index contributed by atoms with van der Waals surface area (Å²) in [5.74, 6) is 2.50. The van der Waals surface area contributed by atoms with E-state index in [1.165, 1.54) is 11.3 Å². The number of piperazine rings is 1. The van der Waals surface area contributed by atoms with Gasteiger partial charge in [-0.15, -0.1) is 0 Å². The molecule has 0 aliphatic carbocycles. The number of hydrogen-bond donors (Lipinski definition) is 1. The van der Waals surface area contributed by atoms with Crippen molar-refractivity contribution in [3.63, 3.8) is 0 Å². The first-order valence-electron chi connectivity index (χ1n) is 10.0. The van der Waals surface area contributed by atoms with Crippen LogP contribution in [0.25, 0.3) is 0 Å². The number of para-hydroxylation sites is 2. The van der Waals surface area contributed by atoms with Crippen LogP contribution < -0.4 is 14.5 Å². The van der Waals surface area contributed by atoms with E-state index in [1.807, 2.05) is 12.1 Å². The van der Waals surface area contributed by atoms with Gasteiger partial charge in [0, 0.05) is 13.1 Å². The van der Waals surface area contributed by atoms with E-state index in [9.17, 15) is 4.79 Å². The van der Waals surface area contributed by atoms with Crippen molar-refractivity contribution in [3.05, 3.63) is 24.3 Å². The Kier molecular flexibility index (Phi) is 6.07. The number of piperidine rings is 1. The van der Waals surface area contributed by atoms with Crippen LogP contribution in [0.3, 0.4) is 0 Å². The maximum absolute atomic E-state index is 13.0. The van der Waals surface area contributed by atoms with Crippen molar-refractivity contribution >= 4 is 11.6 Å². The molecule has 2 saturated heterocycles. The van der Waals surface area contributed by atoms with Gasteiger partial charge < -0.3 is 19.4 Å². The van der Waals surface area contributed by atoms with E-state index in [-0.39, 0.29) is 6.04 Å². The molecule has 0 unspecified atom stereocenters. The summed E-state index contributed by atoms with van der Waals surface area (Å²) in [6.45, 7) is 12.4. The summed E-state index contributed by atoms with van der Waals surface area (Å²) in [5.41, 5.74) is 1.16. The van der Waals surface area contributed by atoms with Crippen molar-refractivity contribution in [1.29, 1.82) is 0 Å². The molecule has 0 spiro atoms. The molecule has 3 rings (SSSR count). The number of nitrogens with one attached hydrogen (secondary N) is 1. The van der Waals surface area contributed by atoms with Crippen LogP contribution in [0.2, 0.25) is 0 Å². The highest BCUT2D eigenvalue weighted by Gasteiger charge is 2.35. The summed E-state index contributed by atoms with van der Waals surface area (Å²) in [6.07, 6.45) is 1.24. The number of hydrogen-bond acceptors (Lipinski definition) is 3. The minimum atomic E-state index is 0.0484. The topological polar surface area (TPSA) is 37.2 Å². The van der Waals surface area contributed by atoms with Gasteiger partial charge in [0.05, 0.1) is 39.0 Å². The Morgan fingerprint density at radius 2 is 1.77 bits per heavy atom. The van der Waals surface area contributed by atoms with Crippen molar-refractivity contribution in [3.8, 4) is 5.75 Å². The molecular weight excluding hydrogens is 326 g/mol. The third-order valence-corrected chi connectivity index (χ3v) is 5.99. The van der Waals surface area contributed by atoms with Gasteiger partial charge in [0.15, 0.2) is 6.04 Å². The van der Waals surface area contributed by atoms with Crippen molar-refractivity contribution in [1.82, 2.24) is 4.90 Å². The van der Waals surface area contributed by atoms with E-state index in [2.05, 4.69) is 42.7 Å². The molecule has 0 aromatic heterocycles. The van der Waals surface area contributed by atoms with Gasteiger partial charge in [-0.05, 0) is 37.3 Å². The predicted molar refractivity (Wildman–Crippen MR) is 105 cm³/mol. The second kappa shape index (κ2) is 8.30. The van der Waals surface area contributed by atoms with Crippen molar-refractivity contribution in [2.24, 2.45) is 11.8 Å². The Labute approximate surface area is 157 Å². The lowest BCUT2D eigenvalue weighted by Gasteiger charge is -2.40. The van der Waals surface area contributed by atoms with Crippen LogP contribution in [0.1, 0.15) is 27.2 Å². The van der Waals surface area contributed by atoms with Gasteiger partial charge in [-0.1, -0.05) is 26.0 Å². The number of carbonyl (C=O) groups excluding carboxylic acids is 1. The highest BCUT2D eigenvalue weighted by atomic mass is 16.5. The summed E-state index contributed by atoms with van der Waals surface area (Å²) in [7, 11) is 1.72. The molecule has 144 valence electrons. The van der Waals surface area contributed by atoms with Crippen molar-refractivity contribution in [2.75, 3.05) is 51.3 Å². The zero-order valence-corrected chi connectivity index (χ0v) is 16.7. The smallest absolute Gasteiger partial charge is 0.280 e. The Bertz CT molecular complexity index is 603. The molecule has 2 aliphatic heterocycles. The number of carbonyl (C=O) groups is 1. The molecule has 1 aromatic rings. The molecule has 5 heteroatoms. The summed E-state index contributed by atoms with van der Waals surface area (Å²) < 4.78 is 5.50. The standard InChI is InChI=1S/C21H33N3O2/c1-16-13-17(2)15-24(14-16)21(25)18(3)22-9-11-23(12-10-22)19-7-5-6-8-20(19)26-4/h5-8,16-18H,9-15H2,1-4H3/p+1/t16-,17+,18-/m1/s1. The average Bonchev–Trinajstić information content (AvgIpc) is 2.66. The molecule has 0 radical (unpaired) electrons. The maximum atomic E-state index is 13.0. The maximum Gasteiger partial charge on any atom is 0.280 e. The summed E-state index contributed by atoms with van der Waals surface area (Å²) in [5, 5.41) is 0. The number of ether oxygens (including phenoxy) is 1. The van der Waals surface area contributed by atoms with Crippen molar-refractivity contribution < 1.29 is 14.4 Å². The second-order valence-corrected chi connectivity index (χ2v) is 8.23. The normalized spacial score (nSPS) is 25.8. The minimum absolute atomic E-state index is 0.0484. The monoisotopic (exact) mass is 360 g/mol. The Morgan fingerprint density at radius 3 is 2.38 bits per heavy atom. The van der Waals surface area contributed by atoms with E-state index in [0.717, 1.165) is 50.7 Å². The van der Waals surface area contributed by atoms with Gasteiger partial charge in [0.1, 0.15) is 5.75 Å². The lowest BCUT2D eigenvalue weighted by molar-refractivity contribution is -0.915. The third kappa shape index (κ3) is 4.14. The van der Waals surface area contributed by atoms with E-state index in [0.29, 0.717) is 17.7 Å². The highest BCUT2D eigenvalue weighted by Crippen LogP contribution is 2.27. The molecule has 26 heavy (non-hydrogen) atoms. The minimum Gasteiger partial charge on any atom is -0.495 e. The number of methoxy groups -OCH3 is 1. The van der Waals surface area contributed by atoms with Gasteiger partial charge in [-0.3, -0.25) is 4.79 Å². The Morgan fingerprint density at radius 1 is 1.15 bits per heavy atom. The van der Waals surface area contributed by atoms with Crippen LogP contribution in [0.5, 0.6) is 5.75 Å². The molecule has 1 aromatic carbocycles. The molecular formula is C21H34N3O2+. The second-order valence-electron chi connectivity index (χ2n) is 8.23. The number of rotatable bonds is 4. The SMILES string of the molecule is COc1ccccc1N1CC[NH+]([C@H](C)C(=O)N2C[C@H](C)C[C@H](C)C2)CC1. The first-order chi connectivity index (χ1) is 12.5. The van der Waals surface area contributed by atoms with Crippen LogP contribution in [0.4, 0.5) is 5.69 Å². The molecule has 3 atom stereocenters. The zero-order chi connectivity index (χ0) is 18.7. The molecule has 0 saturated carbocycles. The first-order valence-corrected chi connectivity index (χ1v) is 10.0. The third-order valence-electron chi connectivity index (χ3n) is 5.99. The molecule has 2 aliphatic rings. The number of quaternary nitrogens is 1. The first kappa shape index (κ1) is 19.0. The number of likely N-dealkylation sites (tertiary alicyclic amines) is 1. The highest BCUT2D eigenvalue weighted by molar-refractivity contribution is 5.80. The van der Waals surface area contributed by atoms with Gasteiger partial charge in [-0.25, -0.2) is 0 Å². The van der Waals surface area contributed by atoms with Crippen LogP contribution in [-0.2, 0) is 4.79 Å². The van der Waals surface area contributed by atoms with E-state index in [1.54, 1.807) is 7.11 Å². The quantitative estimate of drug-likeness (QED) is 0.879. The fourth-order valence-electron chi connectivity index (χ4n) is 4.65. The summed E-state index contributed by atoms with van der Waals surface area (Å²) >= 11 is 0. The largest absolute Gasteiger partial charge is 0.495 e. The zero-order valence-electron chi connectivity index (χ0n) is 16.7. The van der Waals surface area contributed by atoms with Gasteiger partial charge in [0.2, 0.25) is 0 Å². The number of benzene rings is 1. The molecule has 0 bridgehead atoms. The fraction of sp³-hybridized carbons (Fsp3) is 0.667. The Hall–Kier alpha value is -1.75. The summed E-state index contributed by atoms with van der Waals surface area (Å²) in [4.78, 5) is 18.9. The van der Waals surface area contributed by atoms with Gasteiger partial charge in [0.25, 0.3) is 5.91 Å². The molecule has 2 heterocycles. The lowest BCUT2D eigenvalue weighted by atomic mass is 9.91. The van der Waals surface area contributed by atoms with Crippen LogP contribution in [0.15, 0.2) is 24.3 Å². The fourth-order valence-corrected chi connectivity index (χ4v) is 4.65. The van der Waals surface area contributed by atoms with Crippen molar-refractivity contribution in [2.45, 2.75) is 33.2 Å². The number of nitrogens with zero attached hydrogens (tertiary/aromatic N) is 2. The molecule has 2 fully saturated rings. The number of amides is 1. The Balaban J connectivity index is 1.58. The van der Waals surface area contributed by atoms with E-state index < -0.39 is 0 Å². The molecule has 1 amide bonds. The van der Waals surface area contributed by atoms with Gasteiger partial charge in [-0.2, -0.15) is 0 Å². The van der Waals surface area contributed by atoms with Crippen LogP contribution in [0, 0.1) is 11.8 Å². The lowest BCUT2D eigenvalue weighted by Crippen LogP contribution is -3.19. The molecule has 1 N–H and O–H groups in total. The average molecular weight is 361 g/mol. The predicted octanol–water partition coefficient (Wildman–Crippen LogP) is 1.29.